The highest BCUT2D eigenvalue weighted by atomic mass is 16.7. The first-order chi connectivity index (χ1) is 25.6. The van der Waals surface area contributed by atoms with E-state index >= 15 is 0 Å². The molecule has 8 N–H and O–H groups in total. The molecule has 55 heavy (non-hydrogen) atoms. The molecule has 6 rings (SSSR count). The van der Waals surface area contributed by atoms with Gasteiger partial charge in [0.25, 0.3) is 0 Å². The number of rotatable bonds is 10. The van der Waals surface area contributed by atoms with Crippen LogP contribution in [0.4, 0.5) is 0 Å². The van der Waals surface area contributed by atoms with E-state index in [-0.39, 0.29) is 51.8 Å². The van der Waals surface area contributed by atoms with Crippen LogP contribution in [0.15, 0.2) is 11.6 Å². The number of hydrogen-bond donors (Lipinski definition) is 8. The summed E-state index contributed by atoms with van der Waals surface area (Å²) in [7, 11) is 0. The second kappa shape index (κ2) is 15.5. The zero-order valence-corrected chi connectivity index (χ0v) is 34.1. The van der Waals surface area contributed by atoms with Crippen molar-refractivity contribution in [3.05, 3.63) is 11.6 Å². The Balaban J connectivity index is 1.26. The number of ether oxygens (including phenoxy) is 4. The van der Waals surface area contributed by atoms with Gasteiger partial charge in [0.15, 0.2) is 12.6 Å². The lowest BCUT2D eigenvalue weighted by atomic mass is 9.35. The van der Waals surface area contributed by atoms with E-state index in [0.717, 1.165) is 37.7 Å². The fourth-order valence-electron chi connectivity index (χ4n) is 13.1. The molecular formula is C42H70O13. The van der Waals surface area contributed by atoms with Crippen LogP contribution < -0.4 is 0 Å². The first-order valence-electron chi connectivity index (χ1n) is 20.7. The summed E-state index contributed by atoms with van der Waals surface area (Å²) >= 11 is 0. The Morgan fingerprint density at radius 1 is 0.764 bits per heavy atom. The molecule has 6 aliphatic rings. The molecule has 2 aliphatic heterocycles. The predicted octanol–water partition coefficient (Wildman–Crippen LogP) is 2.36. The minimum Gasteiger partial charge on any atom is -0.394 e. The molecule has 13 heteroatoms. The molecule has 4 aliphatic carbocycles. The van der Waals surface area contributed by atoms with E-state index in [1.165, 1.54) is 0 Å². The van der Waals surface area contributed by atoms with Crippen LogP contribution >= 0.6 is 0 Å². The predicted molar refractivity (Wildman–Crippen MR) is 200 cm³/mol. The van der Waals surface area contributed by atoms with Crippen molar-refractivity contribution in [2.75, 3.05) is 13.2 Å². The lowest BCUT2D eigenvalue weighted by molar-refractivity contribution is -0.334. The molecule has 4 saturated carbocycles. The monoisotopic (exact) mass is 782 g/mol. The fraction of sp³-hybridized carbons (Fsp3) is 0.929. The van der Waals surface area contributed by atoms with Crippen LogP contribution in [0.3, 0.4) is 0 Å². The maximum absolute atomic E-state index is 14.9. The summed E-state index contributed by atoms with van der Waals surface area (Å²) in [5, 5.41) is 83.4. The minimum absolute atomic E-state index is 0.0991. The molecule has 0 aromatic rings. The van der Waals surface area contributed by atoms with Gasteiger partial charge in [-0.05, 0) is 112 Å². The number of aliphatic hydroxyl groups excluding tert-OH is 8. The van der Waals surface area contributed by atoms with Crippen molar-refractivity contribution < 1.29 is 64.6 Å². The van der Waals surface area contributed by atoms with E-state index in [1.807, 2.05) is 20.8 Å². The molecule has 0 bridgehead atoms. The molecule has 316 valence electrons. The van der Waals surface area contributed by atoms with Gasteiger partial charge in [0.2, 0.25) is 0 Å². The maximum atomic E-state index is 14.9. The van der Waals surface area contributed by atoms with E-state index < -0.39 is 85.6 Å². The van der Waals surface area contributed by atoms with E-state index in [2.05, 4.69) is 40.7 Å². The average Bonchev–Trinajstić information content (AvgIpc) is 3.51. The summed E-state index contributed by atoms with van der Waals surface area (Å²) in [6.07, 6.45) is -5.49. The van der Waals surface area contributed by atoms with Crippen LogP contribution in [0.5, 0.6) is 0 Å². The third kappa shape index (κ3) is 7.01. The van der Waals surface area contributed by atoms with E-state index in [0.29, 0.717) is 25.7 Å². The largest absolute Gasteiger partial charge is 0.394 e. The van der Waals surface area contributed by atoms with Crippen LogP contribution in [0.1, 0.15) is 113 Å². The molecule has 19 atom stereocenters. The number of carbonyl (C=O) groups excluding carboxylic acids is 1. The van der Waals surface area contributed by atoms with E-state index in [1.54, 1.807) is 0 Å². The number of allylic oxidation sites excluding steroid dienone is 2. The first kappa shape index (κ1) is 43.5. The van der Waals surface area contributed by atoms with Crippen molar-refractivity contribution >= 4 is 5.78 Å². The number of Topliss-reactive ketones (excluding diaryl/α,β-unsaturated/α-hetero) is 1. The average molecular weight is 783 g/mol. The Labute approximate surface area is 326 Å². The number of fused-ring (bicyclic) bond motifs is 5. The number of hydrogen-bond acceptors (Lipinski definition) is 13. The Bertz CT molecular complexity index is 1420. The summed E-state index contributed by atoms with van der Waals surface area (Å²) in [4.78, 5) is 14.9. The molecular weight excluding hydrogens is 712 g/mol. The van der Waals surface area contributed by atoms with Gasteiger partial charge in [-0.3, -0.25) is 4.79 Å². The quantitative estimate of drug-likeness (QED) is 0.118. The molecule has 2 saturated heterocycles. The zero-order valence-electron chi connectivity index (χ0n) is 34.1. The standard InChI is InChI=1S/C42H70O13/c1-21(2)10-9-14-42(8,55-37-35(51)33(49)31(47)25(20-44)53-37)22-11-16-41(7)29(22)23(45)18-27-39(5)15-13-28(38(3,4)26(39)12-17-40(27,41)6)54-36-34(50)32(48)30(46)24(19-43)52-36/h10,22,24-37,43-44,46-51H,9,11-20H2,1-8H3/t22-,24+,25+,26-,27+,28-,29-,30+,31+,32-,33-,34+,35+,36-,37-,39-,40+,41+,42-/m0/s1. The minimum atomic E-state index is -1.57. The normalized spacial score (nSPS) is 50.7. The molecule has 0 unspecified atom stereocenters. The van der Waals surface area contributed by atoms with E-state index in [4.69, 9.17) is 18.9 Å². The SMILES string of the molecule is CC(C)=CCC[C@](C)(O[C@@H]1O[C@H](CO)[C@@H](O)[C@H](O)[C@H]1O)[C@H]1CC[C@]2(C)[C@@H]1C(=O)C[C@@H]1[C@@]3(C)CC[C@H](O[C@@H]4O[C@H](CO)[C@@H](O)[C@H](O)[C@H]4O)C(C)(C)[C@@H]3CC[C@]12C. The fourth-order valence-corrected chi connectivity index (χ4v) is 13.1. The van der Waals surface area contributed by atoms with Crippen LogP contribution in [0.2, 0.25) is 0 Å². The highest BCUT2D eigenvalue weighted by Crippen LogP contribution is 2.75. The van der Waals surface area contributed by atoms with Gasteiger partial charge in [0.1, 0.15) is 54.6 Å². The smallest absolute Gasteiger partial charge is 0.187 e. The number of ketones is 1. The van der Waals surface area contributed by atoms with Crippen LogP contribution in [-0.4, -0.2) is 133 Å². The Morgan fingerprint density at radius 2 is 1.33 bits per heavy atom. The van der Waals surface area contributed by atoms with Gasteiger partial charge in [0.05, 0.1) is 24.9 Å². The van der Waals surface area contributed by atoms with Crippen LogP contribution in [0.25, 0.3) is 0 Å². The van der Waals surface area contributed by atoms with Crippen molar-refractivity contribution in [3.63, 3.8) is 0 Å². The van der Waals surface area contributed by atoms with Gasteiger partial charge in [-0.15, -0.1) is 0 Å². The van der Waals surface area contributed by atoms with Crippen molar-refractivity contribution in [3.8, 4) is 0 Å². The molecule has 13 nitrogen and oxygen atoms in total. The highest BCUT2D eigenvalue weighted by Gasteiger charge is 2.72. The third-order valence-corrected chi connectivity index (χ3v) is 16.5. The molecule has 2 heterocycles. The van der Waals surface area contributed by atoms with Gasteiger partial charge < -0.3 is 59.8 Å². The van der Waals surface area contributed by atoms with E-state index in [9.17, 15) is 45.6 Å². The van der Waals surface area contributed by atoms with Gasteiger partial charge >= 0.3 is 0 Å². The van der Waals surface area contributed by atoms with Crippen molar-refractivity contribution in [2.45, 2.75) is 186 Å². The van der Waals surface area contributed by atoms with Crippen molar-refractivity contribution in [1.29, 1.82) is 0 Å². The summed E-state index contributed by atoms with van der Waals surface area (Å²) in [5.41, 5.74) is -0.921. The van der Waals surface area contributed by atoms with Gasteiger partial charge in [0, 0.05) is 12.3 Å². The van der Waals surface area contributed by atoms with Gasteiger partial charge in [-0.25, -0.2) is 0 Å². The lowest BCUT2D eigenvalue weighted by Crippen LogP contribution is -2.67. The molecule has 0 aromatic heterocycles. The van der Waals surface area contributed by atoms with Gasteiger partial charge in [-0.2, -0.15) is 0 Å². The molecule has 0 spiro atoms. The highest BCUT2D eigenvalue weighted by molar-refractivity contribution is 5.84. The third-order valence-electron chi connectivity index (χ3n) is 16.5. The summed E-state index contributed by atoms with van der Waals surface area (Å²) in [6.45, 7) is 16.4. The molecule has 0 amide bonds. The Hall–Kier alpha value is -1.07. The summed E-state index contributed by atoms with van der Waals surface area (Å²) < 4.78 is 24.8. The maximum Gasteiger partial charge on any atom is 0.187 e. The summed E-state index contributed by atoms with van der Waals surface area (Å²) in [5.74, 6) is -0.0184. The number of aliphatic hydroxyl groups is 8. The molecule has 0 radical (unpaired) electrons. The van der Waals surface area contributed by atoms with Crippen LogP contribution in [-0.2, 0) is 23.7 Å². The second-order valence-electron chi connectivity index (χ2n) is 19.9. The Kier molecular flexibility index (Phi) is 12.3. The Morgan fingerprint density at radius 3 is 1.91 bits per heavy atom. The van der Waals surface area contributed by atoms with Crippen molar-refractivity contribution in [2.24, 2.45) is 45.3 Å². The first-order valence-corrected chi connectivity index (χ1v) is 20.7. The zero-order chi connectivity index (χ0) is 40.6. The topological polar surface area (TPSA) is 216 Å². The lowest BCUT2D eigenvalue weighted by Gasteiger charge is -2.69. The summed E-state index contributed by atoms with van der Waals surface area (Å²) in [6, 6.07) is 0. The van der Waals surface area contributed by atoms with Crippen molar-refractivity contribution in [1.82, 2.24) is 0 Å². The number of carbonyl (C=O) groups is 1. The van der Waals surface area contributed by atoms with Gasteiger partial charge in [-0.1, -0.05) is 46.3 Å². The molecule has 0 aromatic carbocycles. The van der Waals surface area contributed by atoms with Crippen LogP contribution in [0, 0.1) is 45.3 Å². The second-order valence-corrected chi connectivity index (χ2v) is 19.9. The molecule has 6 fully saturated rings.